The summed E-state index contributed by atoms with van der Waals surface area (Å²) in [5.74, 6) is -0.179. The quantitative estimate of drug-likeness (QED) is 0.683. The van der Waals surface area contributed by atoms with Crippen molar-refractivity contribution < 1.29 is 4.39 Å². The van der Waals surface area contributed by atoms with Crippen molar-refractivity contribution in [3.8, 4) is 0 Å². The van der Waals surface area contributed by atoms with E-state index in [4.69, 9.17) is 0 Å². The molecule has 0 aromatic heterocycles. The number of hydrogen-bond donors (Lipinski definition) is 0. The second kappa shape index (κ2) is 5.57. The standard InChI is InChI=1S/C17H17BrFN/c1-12-6-7-13-4-2-3-5-16(13)20(12)17-9-8-15(19)10-14(17)11-18/h2-5,8-10,12H,6-7,11H2,1H3. The molecular formula is C17H17BrFN. The SMILES string of the molecule is CC1CCc2ccccc2N1c1ccc(F)cc1CBr. The number of rotatable bonds is 2. The summed E-state index contributed by atoms with van der Waals surface area (Å²) < 4.78 is 13.5. The van der Waals surface area contributed by atoms with Gasteiger partial charge in [0, 0.05) is 22.7 Å². The zero-order valence-corrected chi connectivity index (χ0v) is 13.0. The number of aryl methyl sites for hydroxylation is 1. The van der Waals surface area contributed by atoms with Crippen molar-refractivity contribution in [1.82, 2.24) is 0 Å². The number of para-hydroxylation sites is 1. The Labute approximate surface area is 127 Å². The predicted molar refractivity (Wildman–Crippen MR) is 85.4 cm³/mol. The van der Waals surface area contributed by atoms with Crippen molar-refractivity contribution in [1.29, 1.82) is 0 Å². The number of anilines is 2. The normalized spacial score (nSPS) is 17.9. The van der Waals surface area contributed by atoms with Crippen LogP contribution in [0.15, 0.2) is 42.5 Å². The van der Waals surface area contributed by atoms with Gasteiger partial charge in [0.25, 0.3) is 0 Å². The van der Waals surface area contributed by atoms with Crippen LogP contribution < -0.4 is 4.90 Å². The first-order valence-electron chi connectivity index (χ1n) is 6.92. The molecule has 104 valence electrons. The summed E-state index contributed by atoms with van der Waals surface area (Å²) in [6, 6.07) is 14.0. The highest BCUT2D eigenvalue weighted by Gasteiger charge is 2.25. The van der Waals surface area contributed by atoms with Crippen LogP contribution in [0, 0.1) is 5.82 Å². The summed E-state index contributed by atoms with van der Waals surface area (Å²) in [7, 11) is 0. The highest BCUT2D eigenvalue weighted by atomic mass is 79.9. The van der Waals surface area contributed by atoms with E-state index in [1.54, 1.807) is 12.1 Å². The van der Waals surface area contributed by atoms with Crippen molar-refractivity contribution in [2.45, 2.75) is 31.1 Å². The molecule has 0 amide bonds. The second-order valence-corrected chi connectivity index (χ2v) is 5.85. The molecule has 0 spiro atoms. The minimum atomic E-state index is -0.179. The average molecular weight is 334 g/mol. The maximum absolute atomic E-state index is 13.5. The van der Waals surface area contributed by atoms with E-state index in [1.807, 2.05) is 6.07 Å². The van der Waals surface area contributed by atoms with Gasteiger partial charge in [-0.05, 0) is 55.2 Å². The fourth-order valence-corrected chi connectivity index (χ4v) is 3.40. The molecule has 20 heavy (non-hydrogen) atoms. The van der Waals surface area contributed by atoms with Crippen LogP contribution in [0.2, 0.25) is 0 Å². The van der Waals surface area contributed by atoms with Crippen molar-refractivity contribution in [3.05, 3.63) is 59.4 Å². The fourth-order valence-electron chi connectivity index (χ4n) is 2.95. The lowest BCUT2D eigenvalue weighted by Gasteiger charge is -2.38. The lowest BCUT2D eigenvalue weighted by atomic mass is 9.95. The van der Waals surface area contributed by atoms with Crippen molar-refractivity contribution in [2.75, 3.05) is 4.90 Å². The summed E-state index contributed by atoms with van der Waals surface area (Å²) >= 11 is 3.48. The van der Waals surface area contributed by atoms with Crippen LogP contribution in [-0.2, 0) is 11.8 Å². The maximum atomic E-state index is 13.5. The van der Waals surface area contributed by atoms with E-state index in [0.29, 0.717) is 11.4 Å². The average Bonchev–Trinajstić information content (AvgIpc) is 2.48. The van der Waals surface area contributed by atoms with Gasteiger partial charge in [0.1, 0.15) is 5.82 Å². The van der Waals surface area contributed by atoms with Crippen LogP contribution in [0.4, 0.5) is 15.8 Å². The Morgan fingerprint density at radius 2 is 2.00 bits per heavy atom. The summed E-state index contributed by atoms with van der Waals surface area (Å²) in [4.78, 5) is 2.34. The maximum Gasteiger partial charge on any atom is 0.123 e. The highest BCUT2D eigenvalue weighted by Crippen LogP contribution is 2.38. The first kappa shape index (κ1) is 13.6. The molecule has 0 saturated carbocycles. The van der Waals surface area contributed by atoms with Gasteiger partial charge in [-0.25, -0.2) is 4.39 Å². The molecule has 1 aliphatic heterocycles. The van der Waals surface area contributed by atoms with E-state index in [0.717, 1.165) is 24.1 Å². The first-order chi connectivity index (χ1) is 9.70. The Morgan fingerprint density at radius 1 is 1.20 bits per heavy atom. The van der Waals surface area contributed by atoms with Crippen LogP contribution in [-0.4, -0.2) is 6.04 Å². The smallest absolute Gasteiger partial charge is 0.123 e. The number of benzene rings is 2. The van der Waals surface area contributed by atoms with Gasteiger partial charge >= 0.3 is 0 Å². The van der Waals surface area contributed by atoms with Gasteiger partial charge in [-0.3, -0.25) is 0 Å². The topological polar surface area (TPSA) is 3.24 Å². The molecule has 2 aromatic rings. The summed E-state index contributed by atoms with van der Waals surface area (Å²) in [5.41, 5.74) is 4.71. The summed E-state index contributed by atoms with van der Waals surface area (Å²) in [6.45, 7) is 2.23. The van der Waals surface area contributed by atoms with E-state index < -0.39 is 0 Å². The van der Waals surface area contributed by atoms with Gasteiger partial charge in [-0.1, -0.05) is 34.1 Å². The third-order valence-electron chi connectivity index (χ3n) is 3.97. The van der Waals surface area contributed by atoms with Crippen LogP contribution >= 0.6 is 15.9 Å². The van der Waals surface area contributed by atoms with Crippen LogP contribution in [0.3, 0.4) is 0 Å². The molecule has 3 rings (SSSR count). The van der Waals surface area contributed by atoms with Crippen LogP contribution in [0.1, 0.15) is 24.5 Å². The highest BCUT2D eigenvalue weighted by molar-refractivity contribution is 9.08. The molecule has 3 heteroatoms. The fraction of sp³-hybridized carbons (Fsp3) is 0.294. The number of nitrogens with zero attached hydrogens (tertiary/aromatic N) is 1. The number of hydrogen-bond acceptors (Lipinski definition) is 1. The zero-order chi connectivity index (χ0) is 14.1. The van der Waals surface area contributed by atoms with Gasteiger partial charge in [0.15, 0.2) is 0 Å². The lowest BCUT2D eigenvalue weighted by Crippen LogP contribution is -2.33. The molecule has 0 bridgehead atoms. The van der Waals surface area contributed by atoms with E-state index in [9.17, 15) is 4.39 Å². The second-order valence-electron chi connectivity index (χ2n) is 5.29. The third kappa shape index (κ3) is 2.35. The zero-order valence-electron chi connectivity index (χ0n) is 11.4. The van der Waals surface area contributed by atoms with Gasteiger partial charge in [0.05, 0.1) is 0 Å². The first-order valence-corrected chi connectivity index (χ1v) is 8.04. The van der Waals surface area contributed by atoms with Gasteiger partial charge in [-0.2, -0.15) is 0 Å². The number of halogens is 2. The minimum Gasteiger partial charge on any atom is -0.338 e. The molecule has 0 N–H and O–H groups in total. The van der Waals surface area contributed by atoms with Gasteiger partial charge in [0.2, 0.25) is 0 Å². The largest absolute Gasteiger partial charge is 0.338 e. The monoisotopic (exact) mass is 333 g/mol. The van der Waals surface area contributed by atoms with E-state index in [1.165, 1.54) is 11.3 Å². The lowest BCUT2D eigenvalue weighted by molar-refractivity contribution is 0.611. The van der Waals surface area contributed by atoms with E-state index >= 15 is 0 Å². The Hall–Kier alpha value is -1.35. The van der Waals surface area contributed by atoms with Crippen molar-refractivity contribution in [2.24, 2.45) is 0 Å². The molecule has 0 radical (unpaired) electrons. The van der Waals surface area contributed by atoms with Crippen molar-refractivity contribution >= 4 is 27.3 Å². The predicted octanol–water partition coefficient (Wildman–Crippen LogP) is 5.19. The van der Waals surface area contributed by atoms with E-state index in [2.05, 4.69) is 52.0 Å². The van der Waals surface area contributed by atoms with Crippen molar-refractivity contribution in [3.63, 3.8) is 0 Å². The van der Waals surface area contributed by atoms with Gasteiger partial charge in [-0.15, -0.1) is 0 Å². The Balaban J connectivity index is 2.14. The van der Waals surface area contributed by atoms with E-state index in [-0.39, 0.29) is 5.82 Å². The molecule has 2 aromatic carbocycles. The summed E-state index contributed by atoms with van der Waals surface area (Å²) in [5, 5.41) is 0.658. The molecular weight excluding hydrogens is 317 g/mol. The molecule has 0 fully saturated rings. The molecule has 0 aliphatic carbocycles. The Kier molecular flexibility index (Phi) is 3.79. The molecule has 1 heterocycles. The molecule has 1 nitrogen and oxygen atoms in total. The Bertz CT molecular complexity index is 626. The summed E-state index contributed by atoms with van der Waals surface area (Å²) in [6.07, 6.45) is 2.23. The molecule has 1 atom stereocenters. The molecule has 1 unspecified atom stereocenters. The third-order valence-corrected chi connectivity index (χ3v) is 4.57. The minimum absolute atomic E-state index is 0.179. The number of alkyl halides is 1. The molecule has 0 saturated heterocycles. The van der Waals surface area contributed by atoms with Crippen LogP contribution in [0.25, 0.3) is 0 Å². The number of fused-ring (bicyclic) bond motifs is 1. The van der Waals surface area contributed by atoms with Gasteiger partial charge < -0.3 is 4.90 Å². The Morgan fingerprint density at radius 3 is 2.80 bits per heavy atom. The molecule has 1 aliphatic rings. The van der Waals surface area contributed by atoms with Crippen LogP contribution in [0.5, 0.6) is 0 Å².